The van der Waals surface area contributed by atoms with Gasteiger partial charge in [-0.1, -0.05) is 23.0 Å². The van der Waals surface area contributed by atoms with Crippen LogP contribution in [0.2, 0.25) is 0 Å². The van der Waals surface area contributed by atoms with E-state index in [1.54, 1.807) is 30.9 Å². The number of tetrazole rings is 1. The molecular weight excluding hydrogens is 461 g/mol. The van der Waals surface area contributed by atoms with Crippen LogP contribution in [0.1, 0.15) is 11.5 Å². The second kappa shape index (κ2) is 8.96. The summed E-state index contributed by atoms with van der Waals surface area (Å²) >= 11 is 1.13. The Hall–Kier alpha value is -2.84. The van der Waals surface area contributed by atoms with Gasteiger partial charge < -0.3 is 9.42 Å². The average molecular weight is 482 g/mol. The standard InChI is InChI=1S/C18H20FN7O4S2/c1-12-17(13(2)30-21-12)32(28,29)25-8-6-24(7-9-25)16(27)11-31-18-20-22-23-26(18)15-5-3-4-14(19)10-15/h3-5,10H,6-9,11H2,1-2H3. The summed E-state index contributed by atoms with van der Waals surface area (Å²) in [7, 11) is -3.74. The lowest BCUT2D eigenvalue weighted by atomic mass is 10.3. The summed E-state index contributed by atoms with van der Waals surface area (Å²) in [6.07, 6.45) is 0. The van der Waals surface area contributed by atoms with E-state index in [0.29, 0.717) is 16.5 Å². The van der Waals surface area contributed by atoms with E-state index in [4.69, 9.17) is 4.52 Å². The summed E-state index contributed by atoms with van der Waals surface area (Å²) < 4.78 is 47.0. The lowest BCUT2D eigenvalue weighted by Gasteiger charge is -2.33. The largest absolute Gasteiger partial charge is 0.360 e. The molecule has 14 heteroatoms. The minimum atomic E-state index is -3.74. The second-order valence-electron chi connectivity index (χ2n) is 7.08. The van der Waals surface area contributed by atoms with Crippen LogP contribution in [-0.4, -0.2) is 80.8 Å². The number of piperazine rings is 1. The molecule has 1 aromatic carbocycles. The highest BCUT2D eigenvalue weighted by Gasteiger charge is 2.34. The molecule has 4 rings (SSSR count). The van der Waals surface area contributed by atoms with E-state index in [2.05, 4.69) is 20.7 Å². The maximum absolute atomic E-state index is 13.5. The number of rotatable bonds is 6. The third-order valence-corrected chi connectivity index (χ3v) is 8.02. The van der Waals surface area contributed by atoms with Gasteiger partial charge in [-0.3, -0.25) is 4.79 Å². The number of benzene rings is 1. The number of aryl methyl sites for hydroxylation is 2. The number of thioether (sulfide) groups is 1. The molecule has 1 fully saturated rings. The fourth-order valence-electron chi connectivity index (χ4n) is 3.41. The van der Waals surface area contributed by atoms with Crippen LogP contribution in [0, 0.1) is 19.7 Å². The van der Waals surface area contributed by atoms with Crippen molar-refractivity contribution in [1.82, 2.24) is 34.6 Å². The Morgan fingerprint density at radius 1 is 1.22 bits per heavy atom. The summed E-state index contributed by atoms with van der Waals surface area (Å²) in [5.74, 6) is -0.284. The molecule has 11 nitrogen and oxygen atoms in total. The first kappa shape index (κ1) is 22.4. The smallest absolute Gasteiger partial charge is 0.248 e. The van der Waals surface area contributed by atoms with Crippen molar-refractivity contribution >= 4 is 27.7 Å². The first-order valence-corrected chi connectivity index (χ1v) is 12.1. The van der Waals surface area contributed by atoms with E-state index in [-0.39, 0.29) is 48.5 Å². The molecule has 1 aliphatic heterocycles. The van der Waals surface area contributed by atoms with Crippen LogP contribution in [0.5, 0.6) is 0 Å². The van der Waals surface area contributed by atoms with Gasteiger partial charge in [0.1, 0.15) is 16.4 Å². The zero-order valence-electron chi connectivity index (χ0n) is 17.3. The lowest BCUT2D eigenvalue weighted by molar-refractivity contribution is -0.129. The molecule has 3 heterocycles. The summed E-state index contributed by atoms with van der Waals surface area (Å²) in [5, 5.41) is 15.4. The molecule has 0 N–H and O–H groups in total. The highest BCUT2D eigenvalue weighted by Crippen LogP contribution is 2.25. The molecule has 0 spiro atoms. The Kier molecular flexibility index (Phi) is 6.26. The maximum atomic E-state index is 13.5. The minimum absolute atomic E-state index is 0.0618. The Bertz CT molecular complexity index is 1220. The maximum Gasteiger partial charge on any atom is 0.248 e. The quantitative estimate of drug-likeness (QED) is 0.474. The summed E-state index contributed by atoms with van der Waals surface area (Å²) in [6, 6.07) is 5.81. The molecule has 170 valence electrons. The monoisotopic (exact) mass is 481 g/mol. The van der Waals surface area contributed by atoms with Crippen molar-refractivity contribution in [2.75, 3.05) is 31.9 Å². The molecule has 32 heavy (non-hydrogen) atoms. The van der Waals surface area contributed by atoms with Crippen molar-refractivity contribution in [3.8, 4) is 5.69 Å². The zero-order valence-corrected chi connectivity index (χ0v) is 18.9. The average Bonchev–Trinajstić information content (AvgIpc) is 3.38. The number of sulfonamides is 1. The molecule has 2 aromatic heterocycles. The number of nitrogens with zero attached hydrogens (tertiary/aromatic N) is 7. The fraction of sp³-hybridized carbons (Fsp3) is 0.389. The van der Waals surface area contributed by atoms with Crippen LogP contribution in [-0.2, 0) is 14.8 Å². The lowest BCUT2D eigenvalue weighted by Crippen LogP contribution is -2.51. The van der Waals surface area contributed by atoms with E-state index < -0.39 is 15.8 Å². The van der Waals surface area contributed by atoms with E-state index in [1.165, 1.54) is 21.1 Å². The van der Waals surface area contributed by atoms with Crippen LogP contribution in [0.25, 0.3) is 5.69 Å². The highest BCUT2D eigenvalue weighted by atomic mass is 32.2. The SMILES string of the molecule is Cc1noc(C)c1S(=O)(=O)N1CCN(C(=O)CSc2nnnn2-c2cccc(F)c2)CC1. The van der Waals surface area contributed by atoms with Gasteiger partial charge in [-0.25, -0.2) is 12.8 Å². The van der Waals surface area contributed by atoms with Crippen molar-refractivity contribution in [3.05, 3.63) is 41.5 Å². The van der Waals surface area contributed by atoms with Gasteiger partial charge >= 0.3 is 0 Å². The molecule has 0 saturated carbocycles. The predicted octanol–water partition coefficient (Wildman–Crippen LogP) is 1.03. The Morgan fingerprint density at radius 3 is 2.62 bits per heavy atom. The van der Waals surface area contributed by atoms with Crippen molar-refractivity contribution in [1.29, 1.82) is 0 Å². The number of halogens is 1. The van der Waals surface area contributed by atoms with Gasteiger partial charge in [-0.15, -0.1) is 5.10 Å². The van der Waals surface area contributed by atoms with Crippen LogP contribution in [0.4, 0.5) is 4.39 Å². The molecule has 0 atom stereocenters. The number of hydrogen-bond acceptors (Lipinski definition) is 9. The van der Waals surface area contributed by atoms with E-state index in [9.17, 15) is 17.6 Å². The van der Waals surface area contributed by atoms with E-state index >= 15 is 0 Å². The molecule has 0 radical (unpaired) electrons. The predicted molar refractivity (Wildman–Crippen MR) is 111 cm³/mol. The summed E-state index contributed by atoms with van der Waals surface area (Å²) in [6.45, 7) is 4.00. The van der Waals surface area contributed by atoms with Gasteiger partial charge in [-0.2, -0.15) is 8.99 Å². The molecule has 1 saturated heterocycles. The summed E-state index contributed by atoms with van der Waals surface area (Å²) in [5.41, 5.74) is 0.761. The van der Waals surface area contributed by atoms with Crippen molar-refractivity contribution < 1.29 is 22.1 Å². The third kappa shape index (κ3) is 4.38. The minimum Gasteiger partial charge on any atom is -0.360 e. The van der Waals surface area contributed by atoms with E-state index in [1.807, 2.05) is 0 Å². The van der Waals surface area contributed by atoms with Gasteiger partial charge in [0.25, 0.3) is 0 Å². The Balaban J connectivity index is 1.36. The van der Waals surface area contributed by atoms with Gasteiger partial charge in [-0.05, 0) is 42.5 Å². The topological polar surface area (TPSA) is 127 Å². The molecule has 0 unspecified atom stereocenters. The number of carbonyl (C=O) groups is 1. The van der Waals surface area contributed by atoms with Crippen LogP contribution >= 0.6 is 11.8 Å². The molecular formula is C18H20FN7O4S2. The Morgan fingerprint density at radius 2 is 1.97 bits per heavy atom. The van der Waals surface area contributed by atoms with Gasteiger partial charge in [0.05, 0.1) is 11.4 Å². The molecule has 1 aliphatic rings. The van der Waals surface area contributed by atoms with Crippen LogP contribution in [0.3, 0.4) is 0 Å². The highest BCUT2D eigenvalue weighted by molar-refractivity contribution is 7.99. The van der Waals surface area contributed by atoms with E-state index in [0.717, 1.165) is 11.8 Å². The van der Waals surface area contributed by atoms with Crippen molar-refractivity contribution in [2.45, 2.75) is 23.9 Å². The van der Waals surface area contributed by atoms with Gasteiger partial charge in [0.15, 0.2) is 5.76 Å². The normalized spacial score (nSPS) is 15.3. The zero-order chi connectivity index (χ0) is 22.9. The fourth-order valence-corrected chi connectivity index (χ4v) is 5.91. The molecule has 0 aliphatic carbocycles. The van der Waals surface area contributed by atoms with Gasteiger partial charge in [0, 0.05) is 26.2 Å². The second-order valence-corrected chi connectivity index (χ2v) is 9.90. The third-order valence-electron chi connectivity index (χ3n) is 4.98. The van der Waals surface area contributed by atoms with Crippen LogP contribution in [0.15, 0.2) is 38.8 Å². The number of hydrogen-bond donors (Lipinski definition) is 0. The number of aromatic nitrogens is 5. The van der Waals surface area contributed by atoms with Gasteiger partial charge in [0.2, 0.25) is 21.1 Å². The van der Waals surface area contributed by atoms with Crippen molar-refractivity contribution in [2.24, 2.45) is 0 Å². The molecule has 3 aromatic rings. The van der Waals surface area contributed by atoms with Crippen molar-refractivity contribution in [3.63, 3.8) is 0 Å². The number of carbonyl (C=O) groups excluding carboxylic acids is 1. The Labute approximate surface area is 187 Å². The molecule has 1 amide bonds. The number of amides is 1. The summed E-state index contributed by atoms with van der Waals surface area (Å²) in [4.78, 5) is 14.3. The van der Waals surface area contributed by atoms with Crippen LogP contribution < -0.4 is 0 Å². The first-order chi connectivity index (χ1) is 15.3. The molecule has 0 bridgehead atoms. The first-order valence-electron chi connectivity index (χ1n) is 9.65.